The number of carbonyl (C=O) groups is 3. The van der Waals surface area contributed by atoms with E-state index in [0.717, 1.165) is 5.56 Å². The van der Waals surface area contributed by atoms with Crippen molar-refractivity contribution in [1.82, 2.24) is 0 Å². The lowest BCUT2D eigenvalue weighted by Gasteiger charge is -2.12. The van der Waals surface area contributed by atoms with Gasteiger partial charge in [-0.15, -0.1) is 0 Å². The Kier molecular flexibility index (Phi) is 5.24. The largest absolute Gasteiger partial charge is 0.465 e. The average molecular weight is 248 g/mol. The van der Waals surface area contributed by atoms with E-state index < -0.39 is 11.9 Å². The Labute approximate surface area is 106 Å². The first-order valence-corrected chi connectivity index (χ1v) is 5.81. The summed E-state index contributed by atoms with van der Waals surface area (Å²) < 4.78 is 4.80. The minimum atomic E-state index is -1.04. The Balaban J connectivity index is 2.91. The number of esters is 1. The predicted octanol–water partition coefficient (Wildman–Crippen LogP) is 1.95. The molecule has 0 N–H and O–H groups in total. The zero-order chi connectivity index (χ0) is 13.5. The fourth-order valence-corrected chi connectivity index (χ4v) is 1.57. The van der Waals surface area contributed by atoms with E-state index in [4.69, 9.17) is 4.74 Å². The van der Waals surface area contributed by atoms with E-state index in [1.807, 2.05) is 6.92 Å². The number of hydrogen-bond acceptors (Lipinski definition) is 4. The molecule has 0 spiro atoms. The fraction of sp³-hybridized carbons (Fsp3) is 0.357. The Morgan fingerprint density at radius 1 is 1.28 bits per heavy atom. The monoisotopic (exact) mass is 248 g/mol. The molecule has 0 radical (unpaired) electrons. The summed E-state index contributed by atoms with van der Waals surface area (Å²) in [5.74, 6) is -2.05. The first kappa shape index (κ1) is 14.1. The van der Waals surface area contributed by atoms with Gasteiger partial charge in [0.2, 0.25) is 0 Å². The minimum absolute atomic E-state index is 0.147. The van der Waals surface area contributed by atoms with Gasteiger partial charge >= 0.3 is 5.97 Å². The molecule has 0 aliphatic rings. The highest BCUT2D eigenvalue weighted by Gasteiger charge is 2.28. The van der Waals surface area contributed by atoms with Crippen LogP contribution in [0.5, 0.6) is 0 Å². The Hall–Kier alpha value is -1.97. The van der Waals surface area contributed by atoms with Crippen LogP contribution in [0.25, 0.3) is 0 Å². The maximum atomic E-state index is 12.1. The van der Waals surface area contributed by atoms with Crippen LogP contribution in [0.15, 0.2) is 24.3 Å². The van der Waals surface area contributed by atoms with Crippen molar-refractivity contribution in [1.29, 1.82) is 0 Å². The van der Waals surface area contributed by atoms with Crippen LogP contribution >= 0.6 is 0 Å². The lowest BCUT2D eigenvalue weighted by molar-refractivity contribution is -0.147. The van der Waals surface area contributed by atoms with Gasteiger partial charge in [0.05, 0.1) is 6.61 Å². The summed E-state index contributed by atoms with van der Waals surface area (Å²) >= 11 is 0. The minimum Gasteiger partial charge on any atom is -0.465 e. The number of aldehydes is 1. The molecule has 4 nitrogen and oxygen atoms in total. The first-order chi connectivity index (χ1) is 8.60. The maximum Gasteiger partial charge on any atom is 0.317 e. The van der Waals surface area contributed by atoms with Gasteiger partial charge in [-0.3, -0.25) is 9.59 Å². The van der Waals surface area contributed by atoms with Crippen LogP contribution in [-0.2, 0) is 14.3 Å². The number of ether oxygens (including phenoxy) is 1. The molecule has 0 heterocycles. The molecule has 0 bridgehead atoms. The smallest absolute Gasteiger partial charge is 0.317 e. The summed E-state index contributed by atoms with van der Waals surface area (Å²) in [6.07, 6.45) is 0.416. The van der Waals surface area contributed by atoms with Gasteiger partial charge in [0.1, 0.15) is 12.2 Å². The highest BCUT2D eigenvalue weighted by molar-refractivity contribution is 6.09. The summed E-state index contributed by atoms with van der Waals surface area (Å²) in [5.41, 5.74) is 1.44. The summed E-state index contributed by atoms with van der Waals surface area (Å²) in [6, 6.07) is 6.87. The van der Waals surface area contributed by atoms with E-state index in [2.05, 4.69) is 0 Å². The Morgan fingerprint density at radius 3 is 2.39 bits per heavy atom. The number of benzene rings is 1. The van der Waals surface area contributed by atoms with Gasteiger partial charge < -0.3 is 9.53 Å². The molecule has 1 aromatic carbocycles. The van der Waals surface area contributed by atoms with E-state index in [-0.39, 0.29) is 18.8 Å². The van der Waals surface area contributed by atoms with E-state index in [0.29, 0.717) is 11.8 Å². The lowest BCUT2D eigenvalue weighted by Crippen LogP contribution is -2.26. The van der Waals surface area contributed by atoms with Crippen molar-refractivity contribution in [2.45, 2.75) is 20.3 Å². The average Bonchev–Trinajstić information content (AvgIpc) is 2.36. The Morgan fingerprint density at radius 2 is 1.89 bits per heavy atom. The van der Waals surface area contributed by atoms with Gasteiger partial charge in [0.25, 0.3) is 0 Å². The molecule has 0 saturated carbocycles. The second kappa shape index (κ2) is 6.69. The number of ketones is 1. The number of hydrogen-bond donors (Lipinski definition) is 0. The van der Waals surface area contributed by atoms with E-state index in [1.165, 1.54) is 0 Å². The number of carbonyl (C=O) groups excluding carboxylic acids is 3. The Bertz CT molecular complexity index is 434. The molecule has 0 amide bonds. The molecule has 0 aromatic heterocycles. The van der Waals surface area contributed by atoms with Gasteiger partial charge in [0.15, 0.2) is 5.78 Å². The van der Waals surface area contributed by atoms with Crippen LogP contribution in [0, 0.1) is 12.8 Å². The van der Waals surface area contributed by atoms with Crippen molar-refractivity contribution in [3.8, 4) is 0 Å². The fourth-order valence-electron chi connectivity index (χ4n) is 1.57. The van der Waals surface area contributed by atoms with Gasteiger partial charge in [0, 0.05) is 12.0 Å². The molecule has 0 saturated heterocycles. The number of rotatable bonds is 6. The van der Waals surface area contributed by atoms with Crippen molar-refractivity contribution < 1.29 is 19.1 Å². The molecular formula is C14H16O4. The third kappa shape index (κ3) is 3.52. The quantitative estimate of drug-likeness (QED) is 0.334. The van der Waals surface area contributed by atoms with Crippen LogP contribution in [0.1, 0.15) is 29.3 Å². The molecule has 18 heavy (non-hydrogen) atoms. The van der Waals surface area contributed by atoms with Crippen molar-refractivity contribution in [3.63, 3.8) is 0 Å². The van der Waals surface area contributed by atoms with Gasteiger partial charge in [-0.05, 0) is 13.8 Å². The molecule has 0 aliphatic heterocycles. The standard InChI is InChI=1S/C14H16O4/c1-3-18-14(17)12(8-9-15)13(16)11-6-4-10(2)5-7-11/h4-7,9,12H,3,8H2,1-2H3. The van der Waals surface area contributed by atoms with Crippen molar-refractivity contribution in [2.24, 2.45) is 5.92 Å². The summed E-state index contributed by atoms with van der Waals surface area (Å²) in [5, 5.41) is 0. The molecule has 0 fully saturated rings. The van der Waals surface area contributed by atoms with Gasteiger partial charge in [-0.25, -0.2) is 0 Å². The zero-order valence-electron chi connectivity index (χ0n) is 10.5. The van der Waals surface area contributed by atoms with E-state index >= 15 is 0 Å². The predicted molar refractivity (Wildman–Crippen MR) is 66.3 cm³/mol. The van der Waals surface area contributed by atoms with Crippen LogP contribution in [0.2, 0.25) is 0 Å². The normalized spacial score (nSPS) is 11.7. The number of aryl methyl sites for hydroxylation is 1. The molecule has 96 valence electrons. The van der Waals surface area contributed by atoms with Gasteiger partial charge in [-0.2, -0.15) is 0 Å². The second-order valence-corrected chi connectivity index (χ2v) is 3.94. The summed E-state index contributed by atoms with van der Waals surface area (Å²) in [6.45, 7) is 3.75. The third-order valence-corrected chi connectivity index (χ3v) is 2.56. The van der Waals surface area contributed by atoms with Crippen molar-refractivity contribution in [3.05, 3.63) is 35.4 Å². The zero-order valence-corrected chi connectivity index (χ0v) is 10.5. The lowest BCUT2D eigenvalue weighted by atomic mass is 9.94. The van der Waals surface area contributed by atoms with Crippen LogP contribution in [0.3, 0.4) is 0 Å². The van der Waals surface area contributed by atoms with E-state index in [9.17, 15) is 14.4 Å². The molecule has 4 heteroatoms. The van der Waals surface area contributed by atoms with Gasteiger partial charge in [-0.1, -0.05) is 29.8 Å². The molecule has 1 atom stereocenters. The topological polar surface area (TPSA) is 60.4 Å². The highest BCUT2D eigenvalue weighted by atomic mass is 16.5. The second-order valence-electron chi connectivity index (χ2n) is 3.94. The summed E-state index contributed by atoms with van der Waals surface area (Å²) in [7, 11) is 0. The van der Waals surface area contributed by atoms with Crippen LogP contribution in [0.4, 0.5) is 0 Å². The maximum absolute atomic E-state index is 12.1. The molecule has 1 aromatic rings. The van der Waals surface area contributed by atoms with Crippen LogP contribution in [-0.4, -0.2) is 24.6 Å². The molecule has 1 unspecified atom stereocenters. The van der Waals surface area contributed by atoms with Crippen LogP contribution < -0.4 is 0 Å². The molecule has 1 rings (SSSR count). The molecule has 0 aliphatic carbocycles. The highest BCUT2D eigenvalue weighted by Crippen LogP contribution is 2.14. The van der Waals surface area contributed by atoms with Crippen molar-refractivity contribution >= 4 is 18.0 Å². The molecular weight excluding hydrogens is 232 g/mol. The van der Waals surface area contributed by atoms with Crippen molar-refractivity contribution in [2.75, 3.05) is 6.61 Å². The SMILES string of the molecule is CCOC(=O)C(CC=O)C(=O)c1ccc(C)cc1. The van der Waals surface area contributed by atoms with E-state index in [1.54, 1.807) is 31.2 Å². The third-order valence-electron chi connectivity index (χ3n) is 2.56. The first-order valence-electron chi connectivity index (χ1n) is 5.81. The summed E-state index contributed by atoms with van der Waals surface area (Å²) in [4.78, 5) is 34.3. The number of Topliss-reactive ketones (excluding diaryl/α,β-unsaturated/α-hetero) is 1.